The van der Waals surface area contributed by atoms with Crippen molar-refractivity contribution in [2.45, 2.75) is 26.2 Å². The first-order valence-corrected chi connectivity index (χ1v) is 4.77. The Morgan fingerprint density at radius 2 is 2.08 bits per heavy atom. The number of hydrogen-bond donors (Lipinski definition) is 0. The van der Waals surface area contributed by atoms with Gasteiger partial charge in [-0.15, -0.1) is 0 Å². The summed E-state index contributed by atoms with van der Waals surface area (Å²) < 4.78 is 0. The van der Waals surface area contributed by atoms with Crippen LogP contribution >= 0.6 is 0 Å². The van der Waals surface area contributed by atoms with Crippen LogP contribution in [0.1, 0.15) is 24.0 Å². The molecule has 0 heterocycles. The highest BCUT2D eigenvalue weighted by Crippen LogP contribution is 2.46. The van der Waals surface area contributed by atoms with E-state index in [4.69, 9.17) is 0 Å². The zero-order valence-electron chi connectivity index (χ0n) is 7.92. The Morgan fingerprint density at radius 3 is 2.62 bits per heavy atom. The van der Waals surface area contributed by atoms with Crippen molar-refractivity contribution in [1.29, 1.82) is 0 Å². The second kappa shape index (κ2) is 2.99. The molecule has 1 aromatic carbocycles. The van der Waals surface area contributed by atoms with Crippen molar-refractivity contribution in [3.63, 3.8) is 0 Å². The first kappa shape index (κ1) is 8.49. The molecule has 0 spiro atoms. The molecule has 0 atom stereocenters. The quantitative estimate of drug-likeness (QED) is 0.643. The summed E-state index contributed by atoms with van der Waals surface area (Å²) in [4.78, 5) is 10.8. The van der Waals surface area contributed by atoms with E-state index in [-0.39, 0.29) is 5.41 Å². The van der Waals surface area contributed by atoms with Crippen molar-refractivity contribution < 1.29 is 4.79 Å². The maximum absolute atomic E-state index is 10.8. The van der Waals surface area contributed by atoms with E-state index >= 15 is 0 Å². The van der Waals surface area contributed by atoms with Crippen molar-refractivity contribution >= 4 is 6.29 Å². The molecule has 0 aromatic heterocycles. The highest BCUT2D eigenvalue weighted by Gasteiger charge is 2.42. The number of aldehydes is 1. The maximum Gasteiger partial charge on any atom is 0.126 e. The Labute approximate surface area is 78.8 Å². The van der Waals surface area contributed by atoms with Crippen molar-refractivity contribution in [3.05, 3.63) is 35.4 Å². The maximum atomic E-state index is 10.8. The third-order valence-corrected chi connectivity index (χ3v) is 2.95. The van der Waals surface area contributed by atoms with Crippen LogP contribution < -0.4 is 0 Å². The molecule has 0 unspecified atom stereocenters. The zero-order valence-corrected chi connectivity index (χ0v) is 7.92. The fraction of sp³-hybridized carbons (Fsp3) is 0.417. The SMILES string of the molecule is Cc1ccccc1CC1(C=O)CC1. The Kier molecular flexibility index (Phi) is 1.95. The van der Waals surface area contributed by atoms with Crippen LogP contribution in [0.5, 0.6) is 0 Å². The van der Waals surface area contributed by atoms with Crippen LogP contribution in [0.15, 0.2) is 24.3 Å². The summed E-state index contributed by atoms with van der Waals surface area (Å²) in [7, 11) is 0. The van der Waals surface area contributed by atoms with Crippen molar-refractivity contribution in [2.24, 2.45) is 5.41 Å². The van der Waals surface area contributed by atoms with Gasteiger partial charge in [0.25, 0.3) is 0 Å². The molecule has 1 aliphatic rings. The Hall–Kier alpha value is -1.11. The molecule has 1 nitrogen and oxygen atoms in total. The van der Waals surface area contributed by atoms with E-state index in [0.29, 0.717) is 0 Å². The third-order valence-electron chi connectivity index (χ3n) is 2.95. The van der Waals surface area contributed by atoms with Crippen molar-refractivity contribution in [3.8, 4) is 0 Å². The van der Waals surface area contributed by atoms with Gasteiger partial charge in [-0.25, -0.2) is 0 Å². The van der Waals surface area contributed by atoms with E-state index in [9.17, 15) is 4.79 Å². The summed E-state index contributed by atoms with van der Waals surface area (Å²) in [6.07, 6.45) is 4.22. The summed E-state index contributed by atoms with van der Waals surface area (Å²) in [5.74, 6) is 0. The van der Waals surface area contributed by atoms with Crippen LogP contribution in [-0.2, 0) is 11.2 Å². The number of carbonyl (C=O) groups is 1. The Morgan fingerprint density at radius 1 is 1.38 bits per heavy atom. The van der Waals surface area contributed by atoms with Gasteiger partial charge in [0, 0.05) is 5.41 Å². The predicted octanol–water partition coefficient (Wildman–Crippen LogP) is 2.52. The summed E-state index contributed by atoms with van der Waals surface area (Å²) in [6, 6.07) is 8.32. The van der Waals surface area contributed by atoms with Crippen LogP contribution in [0.3, 0.4) is 0 Å². The predicted molar refractivity (Wildman–Crippen MR) is 52.6 cm³/mol. The number of benzene rings is 1. The highest BCUT2D eigenvalue weighted by atomic mass is 16.1. The standard InChI is InChI=1S/C12H14O/c1-10-4-2-3-5-11(10)8-12(9-13)6-7-12/h2-5,9H,6-8H2,1H3. The van der Waals surface area contributed by atoms with Crippen LogP contribution in [0.2, 0.25) is 0 Å². The van der Waals surface area contributed by atoms with Gasteiger partial charge in [0.15, 0.2) is 0 Å². The monoisotopic (exact) mass is 174 g/mol. The number of rotatable bonds is 3. The van der Waals surface area contributed by atoms with Gasteiger partial charge >= 0.3 is 0 Å². The Balaban J connectivity index is 2.18. The molecule has 13 heavy (non-hydrogen) atoms. The Bertz CT molecular complexity index is 324. The van der Waals surface area contributed by atoms with Gasteiger partial charge in [-0.05, 0) is 37.3 Å². The third kappa shape index (κ3) is 1.64. The minimum Gasteiger partial charge on any atom is -0.303 e. The van der Waals surface area contributed by atoms with Gasteiger partial charge in [0.1, 0.15) is 6.29 Å². The van der Waals surface area contributed by atoms with Crippen LogP contribution in [-0.4, -0.2) is 6.29 Å². The molecule has 1 aromatic rings. The van der Waals surface area contributed by atoms with E-state index in [1.54, 1.807) is 0 Å². The van der Waals surface area contributed by atoms with Crippen LogP contribution in [0.4, 0.5) is 0 Å². The molecule has 68 valence electrons. The molecule has 0 bridgehead atoms. The summed E-state index contributed by atoms with van der Waals surface area (Å²) in [6.45, 7) is 2.11. The molecule has 1 aliphatic carbocycles. The molecule has 0 aliphatic heterocycles. The molecule has 0 saturated heterocycles. The van der Waals surface area contributed by atoms with Gasteiger partial charge in [-0.1, -0.05) is 24.3 Å². The molecule has 1 saturated carbocycles. The molecular formula is C12H14O. The smallest absolute Gasteiger partial charge is 0.126 e. The minimum atomic E-state index is 0.00606. The number of aryl methyl sites for hydroxylation is 1. The average molecular weight is 174 g/mol. The van der Waals surface area contributed by atoms with Gasteiger partial charge in [-0.2, -0.15) is 0 Å². The molecule has 0 radical (unpaired) electrons. The van der Waals surface area contributed by atoms with Gasteiger partial charge in [0.2, 0.25) is 0 Å². The topological polar surface area (TPSA) is 17.1 Å². The van der Waals surface area contributed by atoms with E-state index in [2.05, 4.69) is 19.1 Å². The second-order valence-electron chi connectivity index (χ2n) is 4.08. The van der Waals surface area contributed by atoms with E-state index < -0.39 is 0 Å². The highest BCUT2D eigenvalue weighted by molar-refractivity contribution is 5.64. The van der Waals surface area contributed by atoms with E-state index in [1.807, 2.05) is 12.1 Å². The van der Waals surface area contributed by atoms with Gasteiger partial charge in [0.05, 0.1) is 0 Å². The number of hydrogen-bond acceptors (Lipinski definition) is 1. The lowest BCUT2D eigenvalue weighted by atomic mass is 9.95. The lowest BCUT2D eigenvalue weighted by Crippen LogP contribution is -2.07. The first-order valence-electron chi connectivity index (χ1n) is 4.77. The lowest BCUT2D eigenvalue weighted by molar-refractivity contribution is -0.112. The normalized spacial score (nSPS) is 18.2. The fourth-order valence-corrected chi connectivity index (χ4v) is 1.68. The molecular weight excluding hydrogens is 160 g/mol. The summed E-state index contributed by atoms with van der Waals surface area (Å²) >= 11 is 0. The largest absolute Gasteiger partial charge is 0.303 e. The second-order valence-corrected chi connectivity index (χ2v) is 4.08. The van der Waals surface area contributed by atoms with Gasteiger partial charge in [-0.3, -0.25) is 0 Å². The van der Waals surface area contributed by atoms with E-state index in [1.165, 1.54) is 11.1 Å². The minimum absolute atomic E-state index is 0.00606. The lowest BCUT2D eigenvalue weighted by Gasteiger charge is -2.09. The van der Waals surface area contributed by atoms with Crippen molar-refractivity contribution in [2.75, 3.05) is 0 Å². The molecule has 0 N–H and O–H groups in total. The van der Waals surface area contributed by atoms with Crippen LogP contribution in [0, 0.1) is 12.3 Å². The van der Waals surface area contributed by atoms with Crippen molar-refractivity contribution in [1.82, 2.24) is 0 Å². The molecule has 1 heteroatoms. The molecule has 1 fully saturated rings. The summed E-state index contributed by atoms with van der Waals surface area (Å²) in [5.41, 5.74) is 2.63. The fourth-order valence-electron chi connectivity index (χ4n) is 1.68. The molecule has 2 rings (SSSR count). The first-order chi connectivity index (χ1) is 6.26. The number of carbonyl (C=O) groups excluding carboxylic acids is 1. The average Bonchev–Trinajstić information content (AvgIpc) is 2.90. The summed E-state index contributed by atoms with van der Waals surface area (Å²) in [5, 5.41) is 0. The van der Waals surface area contributed by atoms with E-state index in [0.717, 1.165) is 25.5 Å². The zero-order chi connectivity index (χ0) is 9.31. The molecule has 0 amide bonds. The van der Waals surface area contributed by atoms with Crippen LogP contribution in [0.25, 0.3) is 0 Å². The van der Waals surface area contributed by atoms with Gasteiger partial charge < -0.3 is 4.79 Å².